The Morgan fingerprint density at radius 2 is 0.848 bits per heavy atom. The molecule has 33 heavy (non-hydrogen) atoms. The van der Waals surface area contributed by atoms with Crippen molar-refractivity contribution in [3.05, 3.63) is 72.6 Å². The first-order valence-corrected chi connectivity index (χ1v) is 16.0. The number of aromatic nitrogens is 2. The maximum absolute atomic E-state index is 7.07. The van der Waals surface area contributed by atoms with E-state index in [9.17, 15) is 0 Å². The summed E-state index contributed by atoms with van der Waals surface area (Å²) in [5.74, 6) is 1.33. The van der Waals surface area contributed by atoms with Crippen molar-refractivity contribution in [1.82, 2.24) is 9.13 Å². The third-order valence-corrected chi connectivity index (χ3v) is 9.04. The van der Waals surface area contributed by atoms with E-state index in [1.165, 1.54) is 22.3 Å². The molecule has 2 aromatic carbocycles. The van der Waals surface area contributed by atoms with Gasteiger partial charge in [0.05, 0.1) is 0 Å². The quantitative estimate of drug-likeness (QED) is 0.228. The van der Waals surface area contributed by atoms with Crippen molar-refractivity contribution < 1.29 is 18.2 Å². The van der Waals surface area contributed by atoms with Crippen molar-refractivity contribution in [2.45, 2.75) is 79.1 Å². The number of halogens is 3. The van der Waals surface area contributed by atoms with Crippen molar-refractivity contribution in [3.63, 3.8) is 0 Å². The van der Waals surface area contributed by atoms with E-state index in [0.29, 0.717) is 34.0 Å². The Balaban J connectivity index is 2.55. The first-order chi connectivity index (χ1) is 15.5. The van der Waals surface area contributed by atoms with Gasteiger partial charge in [-0.2, -0.15) is 0 Å². The van der Waals surface area contributed by atoms with Gasteiger partial charge in [-0.15, -0.1) is 0 Å². The predicted octanol–water partition coefficient (Wildman–Crippen LogP) is 9.84. The minimum atomic E-state index is -0.748. The number of benzene rings is 2. The molecule has 0 unspecified atom stereocenters. The third-order valence-electron chi connectivity index (χ3n) is 6.08. The van der Waals surface area contributed by atoms with Gasteiger partial charge in [-0.1, -0.05) is 0 Å². The zero-order valence-electron chi connectivity index (χ0n) is 20.6. The molecule has 3 rings (SSSR count). The Labute approximate surface area is 221 Å². The molecular weight excluding hydrogens is 656 g/mol. The first-order valence-electron chi connectivity index (χ1n) is 11.5. The van der Waals surface area contributed by atoms with E-state index in [1.807, 2.05) is 0 Å². The number of rotatable bonds is 6. The van der Waals surface area contributed by atoms with Crippen LogP contribution in [-0.2, 0) is 18.2 Å². The van der Waals surface area contributed by atoms with Crippen LogP contribution in [0.4, 0.5) is 0 Å². The summed E-state index contributed by atoms with van der Waals surface area (Å²) >= 11 is 13.4. The van der Waals surface area contributed by atoms with Crippen LogP contribution in [0.5, 0.6) is 0 Å². The van der Waals surface area contributed by atoms with Crippen LogP contribution in [0, 0.1) is 3.63 Å². The van der Waals surface area contributed by atoms with E-state index >= 15 is 0 Å². The van der Waals surface area contributed by atoms with Crippen LogP contribution < -0.4 is 0 Å². The average molecular weight is 690 g/mol. The van der Waals surface area contributed by atoms with E-state index in [-0.39, 0.29) is 0 Å². The van der Waals surface area contributed by atoms with Crippen LogP contribution in [0.15, 0.2) is 36.4 Å². The monoisotopic (exact) mass is 688 g/mol. The molecule has 6 heteroatoms. The zero-order chi connectivity index (χ0) is 24.6. The van der Waals surface area contributed by atoms with Gasteiger partial charge in [-0.25, -0.2) is 0 Å². The fraction of sp³-hybridized carbons (Fsp3) is 0.444. The second kappa shape index (κ2) is 10.9. The van der Waals surface area contributed by atoms with Gasteiger partial charge in [0.15, 0.2) is 0 Å². The second-order valence-corrected chi connectivity index (χ2v) is 12.8. The molecule has 0 saturated heterocycles. The van der Waals surface area contributed by atoms with Gasteiger partial charge in [-0.3, -0.25) is 0 Å². The Morgan fingerprint density at radius 1 is 0.576 bits per heavy atom. The van der Waals surface area contributed by atoms with Crippen LogP contribution in [0.1, 0.15) is 101 Å². The summed E-state index contributed by atoms with van der Waals surface area (Å²) < 4.78 is 5.23. The molecule has 0 saturated carbocycles. The molecule has 1 heterocycles. The summed E-state index contributed by atoms with van der Waals surface area (Å²) in [6.07, 6.45) is 0. The van der Waals surface area contributed by atoms with Crippen molar-refractivity contribution in [2.75, 3.05) is 0 Å². The summed E-state index contributed by atoms with van der Waals surface area (Å²) in [5.41, 5.74) is 7.22. The summed E-state index contributed by atoms with van der Waals surface area (Å²) in [4.78, 5) is 0. The van der Waals surface area contributed by atoms with Gasteiger partial charge < -0.3 is 0 Å². The second-order valence-electron chi connectivity index (χ2n) is 9.73. The SMILES string of the molecule is CC(C)c1cccc(C(C)C)c1-n1c(Cl)c(Cl)n(-c2c(C(C)C)cccc2C(C)C)[c]1=[Au][Cl]. The van der Waals surface area contributed by atoms with Crippen molar-refractivity contribution >= 4 is 32.4 Å². The molecule has 0 N–H and O–H groups in total. The molecular formula is C27H34AuCl3N2. The summed E-state index contributed by atoms with van der Waals surface area (Å²) in [6.45, 7) is 17.7. The predicted molar refractivity (Wildman–Crippen MR) is 141 cm³/mol. The molecule has 0 aliphatic carbocycles. The molecule has 0 bridgehead atoms. The number of nitrogens with zero attached hydrogens (tertiary/aromatic N) is 2. The van der Waals surface area contributed by atoms with Crippen LogP contribution >= 0.6 is 32.4 Å². The Morgan fingerprint density at radius 3 is 1.06 bits per heavy atom. The molecule has 0 amide bonds. The fourth-order valence-corrected chi connectivity index (χ4v) is 7.33. The molecule has 0 aliphatic heterocycles. The number of imidazole rings is 1. The average Bonchev–Trinajstić information content (AvgIpc) is 3.01. The van der Waals surface area contributed by atoms with Crippen LogP contribution in [-0.4, -0.2) is 9.13 Å². The zero-order valence-corrected chi connectivity index (χ0v) is 25.0. The standard InChI is InChI=1S/C27H34Cl2N2.Au.ClH/c1-16(2)20-11-9-12-21(17(3)4)24(20)30-15-31(27(29)26(30)28)25-22(18(5)6)13-10-14-23(25)19(7)8;;/h9-14,16-19H,1-8H3;;1H/q;+1;/p-1. The topological polar surface area (TPSA) is 9.86 Å². The molecule has 0 aliphatic rings. The van der Waals surface area contributed by atoms with E-state index in [1.54, 1.807) is 0 Å². The third kappa shape index (κ3) is 4.99. The van der Waals surface area contributed by atoms with Crippen LogP contribution in [0.25, 0.3) is 11.4 Å². The first kappa shape index (κ1) is 26.9. The molecule has 0 radical (unpaired) electrons. The van der Waals surface area contributed by atoms with Crippen LogP contribution in [0.3, 0.4) is 0 Å². The Hall–Kier alpha value is -0.740. The molecule has 0 spiro atoms. The van der Waals surface area contributed by atoms with Crippen molar-refractivity contribution in [3.8, 4) is 11.4 Å². The van der Waals surface area contributed by atoms with Gasteiger partial charge in [0, 0.05) is 0 Å². The summed E-state index contributed by atoms with van der Waals surface area (Å²) in [7, 11) is 6.79. The molecule has 184 valence electrons. The van der Waals surface area contributed by atoms with E-state index in [2.05, 4.69) is 101 Å². The van der Waals surface area contributed by atoms with Crippen molar-refractivity contribution in [1.29, 1.82) is 0 Å². The van der Waals surface area contributed by atoms with Gasteiger partial charge in [-0.05, 0) is 0 Å². The molecule has 1 aromatic heterocycles. The summed E-state index contributed by atoms with van der Waals surface area (Å²) in [6, 6.07) is 13.0. The molecule has 2 nitrogen and oxygen atoms in total. The van der Waals surface area contributed by atoms with E-state index < -0.39 is 18.2 Å². The van der Waals surface area contributed by atoms with Gasteiger partial charge >= 0.3 is 223 Å². The normalized spacial score (nSPS) is 12.2. The molecule has 3 aromatic rings. The van der Waals surface area contributed by atoms with Gasteiger partial charge in [0.1, 0.15) is 0 Å². The number of hydrogen-bond acceptors (Lipinski definition) is 0. The fourth-order valence-electron chi connectivity index (χ4n) is 4.39. The number of para-hydroxylation sites is 2. The van der Waals surface area contributed by atoms with Gasteiger partial charge in [0.25, 0.3) is 0 Å². The molecule has 0 fully saturated rings. The van der Waals surface area contributed by atoms with Crippen LogP contribution in [0.2, 0.25) is 10.3 Å². The molecule has 0 atom stereocenters. The minimum absolute atomic E-state index is 0.332. The number of hydrogen-bond donors (Lipinski definition) is 0. The maximum atomic E-state index is 7.07. The van der Waals surface area contributed by atoms with E-state index in [0.717, 1.165) is 15.0 Å². The Kier molecular flexibility index (Phi) is 8.87. The van der Waals surface area contributed by atoms with Crippen molar-refractivity contribution in [2.24, 2.45) is 0 Å². The van der Waals surface area contributed by atoms with E-state index in [4.69, 9.17) is 32.4 Å². The summed E-state index contributed by atoms with van der Waals surface area (Å²) in [5, 5.41) is 1.04. The van der Waals surface area contributed by atoms with Gasteiger partial charge in [0.2, 0.25) is 0 Å². The Bertz CT molecular complexity index is 1070.